The summed E-state index contributed by atoms with van der Waals surface area (Å²) in [5.74, 6) is 0.332. The largest absolute Gasteiger partial charge is 0.481 e. The fraction of sp³-hybridized carbons (Fsp3) is 0.318. The molecule has 36 heavy (non-hydrogen) atoms. The molecule has 0 bridgehead atoms. The molecule has 10 nitrogen and oxygen atoms in total. The molecule has 0 spiro atoms. The van der Waals surface area contributed by atoms with Crippen molar-refractivity contribution in [3.63, 3.8) is 0 Å². The van der Waals surface area contributed by atoms with E-state index in [4.69, 9.17) is 14.6 Å². The first-order valence-electron chi connectivity index (χ1n) is 10.5. The number of nitrogens with two attached hydrogens (primary N) is 1. The van der Waals surface area contributed by atoms with Crippen molar-refractivity contribution in [2.24, 2.45) is 9.50 Å². The number of carbonyl (C=O) groups excluding carboxylic acids is 1. The summed E-state index contributed by atoms with van der Waals surface area (Å²) in [6.45, 7) is 5.16. The quantitative estimate of drug-likeness (QED) is 0.520. The van der Waals surface area contributed by atoms with Crippen LogP contribution in [0, 0.1) is 6.92 Å². The molecule has 0 saturated carbocycles. The Morgan fingerprint density at radius 1 is 1.33 bits per heavy atom. The number of amides is 2. The van der Waals surface area contributed by atoms with Crippen molar-refractivity contribution in [3.05, 3.63) is 47.8 Å². The first-order valence-corrected chi connectivity index (χ1v) is 12.1. The number of pyridine rings is 1. The SMILES string of the molecule is COc1cc(-c2ccc(C(F)(F)F)c(C)c2NC(=O)N=[S@](N)(=O)c2cnn3c2OC(C)(C)C3)ccn1. The Kier molecular flexibility index (Phi) is 6.21. The van der Waals surface area contributed by atoms with Crippen LogP contribution in [0.25, 0.3) is 11.1 Å². The zero-order chi connectivity index (χ0) is 26.5. The van der Waals surface area contributed by atoms with Gasteiger partial charge in [-0.05, 0) is 44.0 Å². The Hall–Kier alpha value is -3.65. The molecule has 1 aromatic carbocycles. The fourth-order valence-electron chi connectivity index (χ4n) is 3.84. The average molecular weight is 525 g/mol. The summed E-state index contributed by atoms with van der Waals surface area (Å²) in [6.07, 6.45) is -2.08. The molecule has 0 aliphatic carbocycles. The highest BCUT2D eigenvalue weighted by Gasteiger charge is 2.36. The summed E-state index contributed by atoms with van der Waals surface area (Å²) >= 11 is 0. The summed E-state index contributed by atoms with van der Waals surface area (Å²) in [5, 5.41) is 12.3. The van der Waals surface area contributed by atoms with Crippen LogP contribution in [-0.2, 0) is 22.6 Å². The summed E-state index contributed by atoms with van der Waals surface area (Å²) in [5.41, 5.74) is -1.37. The van der Waals surface area contributed by atoms with Crippen molar-refractivity contribution in [3.8, 4) is 22.9 Å². The number of hydrogen-bond acceptors (Lipinski definition) is 6. The van der Waals surface area contributed by atoms with Crippen LogP contribution in [-0.4, -0.2) is 37.7 Å². The second kappa shape index (κ2) is 8.78. The molecule has 3 heterocycles. The maximum absolute atomic E-state index is 13.6. The molecule has 3 N–H and O–H groups in total. The lowest BCUT2D eigenvalue weighted by Gasteiger charge is -2.18. The van der Waals surface area contributed by atoms with Gasteiger partial charge in [0.1, 0.15) is 10.5 Å². The molecular formula is C22H23F3N6O4S. The standard InChI is InChI=1S/C22H23F3N6O4S/c1-12-15(22(23,24)25)6-5-14(13-7-8-27-17(9-13)34-4)18(12)29-20(32)30-36(26,33)16-10-28-31-11-21(2,3)35-19(16)31/h5-10H,11H2,1-4H3,(H3,26,29,30,32,33)/t36-/m0/s1. The highest BCUT2D eigenvalue weighted by atomic mass is 32.2. The van der Waals surface area contributed by atoms with E-state index in [9.17, 15) is 22.2 Å². The third kappa shape index (κ3) is 4.86. The Balaban J connectivity index is 1.77. The number of methoxy groups -OCH3 is 1. The van der Waals surface area contributed by atoms with Crippen LogP contribution >= 0.6 is 0 Å². The van der Waals surface area contributed by atoms with Crippen molar-refractivity contribution in [2.45, 2.75) is 44.0 Å². The lowest BCUT2D eigenvalue weighted by atomic mass is 9.97. The zero-order valence-corrected chi connectivity index (χ0v) is 20.5. The number of hydrogen-bond donors (Lipinski definition) is 2. The van der Waals surface area contributed by atoms with Crippen LogP contribution in [0.1, 0.15) is 25.0 Å². The van der Waals surface area contributed by atoms with Gasteiger partial charge in [0.2, 0.25) is 11.8 Å². The zero-order valence-electron chi connectivity index (χ0n) is 19.7. The Bertz CT molecular complexity index is 1470. The predicted octanol–water partition coefficient (Wildman–Crippen LogP) is 4.38. The van der Waals surface area contributed by atoms with Crippen molar-refractivity contribution < 1.29 is 31.6 Å². The molecule has 3 aromatic rings. The number of carbonyl (C=O) groups is 1. The molecule has 0 radical (unpaired) electrons. The van der Waals surface area contributed by atoms with Crippen LogP contribution in [0.5, 0.6) is 11.8 Å². The third-order valence-corrected chi connectivity index (χ3v) is 6.80. The molecule has 2 amide bonds. The number of nitrogens with zero attached hydrogens (tertiary/aromatic N) is 4. The predicted molar refractivity (Wildman–Crippen MR) is 125 cm³/mol. The number of urea groups is 1. The Morgan fingerprint density at radius 2 is 2.06 bits per heavy atom. The second-order valence-corrected chi connectivity index (χ2v) is 10.4. The maximum Gasteiger partial charge on any atom is 0.416 e. The summed E-state index contributed by atoms with van der Waals surface area (Å²) in [6, 6.07) is 3.95. The van der Waals surface area contributed by atoms with Crippen molar-refractivity contribution >= 4 is 21.6 Å². The molecule has 14 heteroatoms. The Morgan fingerprint density at radius 3 is 2.72 bits per heavy atom. The minimum Gasteiger partial charge on any atom is -0.481 e. The molecule has 0 saturated heterocycles. The van der Waals surface area contributed by atoms with Crippen molar-refractivity contribution in [1.29, 1.82) is 0 Å². The van der Waals surface area contributed by atoms with E-state index in [0.29, 0.717) is 12.1 Å². The van der Waals surface area contributed by atoms with Gasteiger partial charge in [-0.3, -0.25) is 0 Å². The average Bonchev–Trinajstić information content (AvgIpc) is 3.29. The highest BCUT2D eigenvalue weighted by molar-refractivity contribution is 7.91. The molecule has 2 aromatic heterocycles. The number of benzene rings is 1. The van der Waals surface area contributed by atoms with E-state index < -0.39 is 33.3 Å². The lowest BCUT2D eigenvalue weighted by molar-refractivity contribution is -0.138. The number of ether oxygens (including phenoxy) is 2. The number of nitrogens with one attached hydrogen (secondary N) is 1. The van der Waals surface area contributed by atoms with Gasteiger partial charge in [0.15, 0.2) is 9.92 Å². The van der Waals surface area contributed by atoms with Gasteiger partial charge in [-0.1, -0.05) is 6.07 Å². The number of rotatable bonds is 4. The van der Waals surface area contributed by atoms with Gasteiger partial charge in [-0.15, -0.1) is 4.36 Å². The van der Waals surface area contributed by atoms with E-state index in [2.05, 4.69) is 19.8 Å². The first kappa shape index (κ1) is 25.4. The lowest BCUT2D eigenvalue weighted by Crippen LogP contribution is -2.27. The van der Waals surface area contributed by atoms with Gasteiger partial charge >= 0.3 is 12.2 Å². The highest BCUT2D eigenvalue weighted by Crippen LogP contribution is 2.40. The fourth-order valence-corrected chi connectivity index (χ4v) is 4.82. The van der Waals surface area contributed by atoms with E-state index in [-0.39, 0.29) is 33.5 Å². The van der Waals surface area contributed by atoms with Crippen molar-refractivity contribution in [2.75, 3.05) is 12.4 Å². The van der Waals surface area contributed by atoms with Crippen LogP contribution in [0.2, 0.25) is 0 Å². The van der Waals surface area contributed by atoms with Gasteiger partial charge in [0.05, 0.1) is 31.1 Å². The number of anilines is 1. The maximum atomic E-state index is 13.6. The van der Waals surface area contributed by atoms with Crippen LogP contribution in [0.4, 0.5) is 23.7 Å². The second-order valence-electron chi connectivity index (χ2n) is 8.67. The topological polar surface area (TPSA) is 134 Å². The minimum absolute atomic E-state index is 0.0944. The molecule has 192 valence electrons. The van der Waals surface area contributed by atoms with Gasteiger partial charge in [-0.25, -0.2) is 23.8 Å². The summed E-state index contributed by atoms with van der Waals surface area (Å²) in [4.78, 5) is 16.7. The smallest absolute Gasteiger partial charge is 0.416 e. The Labute approximate surface area is 204 Å². The van der Waals surface area contributed by atoms with Crippen molar-refractivity contribution in [1.82, 2.24) is 14.8 Å². The van der Waals surface area contributed by atoms with Crippen LogP contribution in [0.15, 0.2) is 45.9 Å². The number of aromatic nitrogens is 3. The molecular weight excluding hydrogens is 501 g/mol. The van der Waals surface area contributed by atoms with Gasteiger partial charge in [0.25, 0.3) is 0 Å². The number of alkyl halides is 3. The normalized spacial score (nSPS) is 16.0. The molecule has 1 aliphatic heterocycles. The first-order chi connectivity index (χ1) is 16.7. The molecule has 0 unspecified atom stereocenters. The van der Waals surface area contributed by atoms with Gasteiger partial charge in [-0.2, -0.15) is 18.3 Å². The monoisotopic (exact) mass is 524 g/mol. The molecule has 0 fully saturated rings. The minimum atomic E-state index is -4.68. The van der Waals surface area contributed by atoms with Crippen LogP contribution in [0.3, 0.4) is 0 Å². The van der Waals surface area contributed by atoms with Gasteiger partial charge in [0, 0.05) is 17.8 Å². The number of halogens is 3. The van der Waals surface area contributed by atoms with E-state index >= 15 is 0 Å². The molecule has 1 aliphatic rings. The van der Waals surface area contributed by atoms with E-state index in [1.807, 2.05) is 0 Å². The number of fused-ring (bicyclic) bond motifs is 1. The van der Waals surface area contributed by atoms with E-state index in [1.54, 1.807) is 19.9 Å². The van der Waals surface area contributed by atoms with E-state index in [1.165, 1.54) is 43.2 Å². The third-order valence-electron chi connectivity index (χ3n) is 5.45. The summed E-state index contributed by atoms with van der Waals surface area (Å²) < 4.78 is 69.9. The molecule has 1 atom stereocenters. The van der Waals surface area contributed by atoms with Gasteiger partial charge < -0.3 is 14.8 Å². The van der Waals surface area contributed by atoms with Crippen LogP contribution < -0.4 is 19.9 Å². The summed E-state index contributed by atoms with van der Waals surface area (Å²) in [7, 11) is -2.46. The molecule has 4 rings (SSSR count). The van der Waals surface area contributed by atoms with E-state index in [0.717, 1.165) is 6.07 Å².